The average molecular weight is 400 g/mol. The second-order valence-corrected chi connectivity index (χ2v) is 7.15. The molecule has 0 bridgehead atoms. The normalized spacial score (nSPS) is 11.3. The first-order chi connectivity index (χ1) is 14.6. The van der Waals surface area contributed by atoms with Crippen molar-refractivity contribution < 1.29 is 0 Å². The molecule has 152 valence electrons. The molecule has 0 spiro atoms. The maximum absolute atomic E-state index is 4.52. The van der Waals surface area contributed by atoms with Crippen molar-refractivity contribution in [3.8, 4) is 5.95 Å². The minimum Gasteiger partial charge on any atom is -0.367 e. The van der Waals surface area contributed by atoms with E-state index in [1.807, 2.05) is 26.0 Å². The van der Waals surface area contributed by atoms with Crippen molar-refractivity contribution in [2.75, 3.05) is 11.4 Å². The van der Waals surface area contributed by atoms with Crippen LogP contribution in [0.25, 0.3) is 5.95 Å². The quantitative estimate of drug-likeness (QED) is 0.441. The molecule has 2 aromatic carbocycles. The molecule has 2 heterocycles. The lowest BCUT2D eigenvalue weighted by Gasteiger charge is -2.23. The molecule has 0 atom stereocenters. The van der Waals surface area contributed by atoms with Gasteiger partial charge in [0.1, 0.15) is 6.33 Å². The Kier molecular flexibility index (Phi) is 5.70. The zero-order chi connectivity index (χ0) is 20.9. The lowest BCUT2D eigenvalue weighted by Crippen LogP contribution is -2.21. The molecular weight excluding hydrogens is 374 g/mol. The van der Waals surface area contributed by atoms with Crippen molar-refractivity contribution in [3.63, 3.8) is 0 Å². The second-order valence-electron chi connectivity index (χ2n) is 7.15. The SMILES string of the molecule is CCN(Cc1ccccc1)c1ccc(/C=N\n2cnnc2-n2nc(C)cc2C)cc1. The van der Waals surface area contributed by atoms with Crippen molar-refractivity contribution >= 4 is 11.9 Å². The molecule has 0 unspecified atom stereocenters. The van der Waals surface area contributed by atoms with Crippen molar-refractivity contribution in [2.24, 2.45) is 5.10 Å². The zero-order valence-corrected chi connectivity index (χ0v) is 17.5. The summed E-state index contributed by atoms with van der Waals surface area (Å²) in [5.41, 5.74) is 5.40. The summed E-state index contributed by atoms with van der Waals surface area (Å²) in [6.45, 7) is 7.93. The number of rotatable bonds is 7. The molecule has 0 aliphatic carbocycles. The van der Waals surface area contributed by atoms with Crippen molar-refractivity contribution in [1.29, 1.82) is 0 Å². The Bertz CT molecular complexity index is 1120. The number of aryl methyl sites for hydroxylation is 2. The Morgan fingerprint density at radius 1 is 1.03 bits per heavy atom. The third-order valence-electron chi connectivity index (χ3n) is 4.90. The molecule has 0 saturated heterocycles. The van der Waals surface area contributed by atoms with Crippen LogP contribution >= 0.6 is 0 Å². The van der Waals surface area contributed by atoms with Crippen molar-refractivity contribution in [3.05, 3.63) is 89.5 Å². The molecule has 7 heteroatoms. The van der Waals surface area contributed by atoms with Crippen LogP contribution in [-0.4, -0.2) is 37.4 Å². The molecule has 0 fully saturated rings. The number of hydrogen-bond donors (Lipinski definition) is 0. The van der Waals surface area contributed by atoms with Crippen molar-refractivity contribution in [2.45, 2.75) is 27.3 Å². The second kappa shape index (κ2) is 8.73. The molecule has 0 aliphatic rings. The van der Waals surface area contributed by atoms with Crippen LogP contribution in [0.4, 0.5) is 5.69 Å². The van der Waals surface area contributed by atoms with Gasteiger partial charge >= 0.3 is 0 Å². The van der Waals surface area contributed by atoms with Crippen LogP contribution in [0.5, 0.6) is 0 Å². The first kappa shape index (κ1) is 19.6. The van der Waals surface area contributed by atoms with Gasteiger partial charge in [0.2, 0.25) is 0 Å². The highest BCUT2D eigenvalue weighted by atomic mass is 15.5. The molecule has 0 amide bonds. The van der Waals surface area contributed by atoms with Gasteiger partial charge in [-0.05, 0) is 50.1 Å². The van der Waals surface area contributed by atoms with E-state index in [9.17, 15) is 0 Å². The largest absolute Gasteiger partial charge is 0.367 e. The van der Waals surface area contributed by atoms with Crippen LogP contribution < -0.4 is 4.90 Å². The fraction of sp³-hybridized carbons (Fsp3) is 0.217. The lowest BCUT2D eigenvalue weighted by atomic mass is 10.1. The van der Waals surface area contributed by atoms with Gasteiger partial charge in [-0.3, -0.25) is 0 Å². The Labute approximate surface area is 176 Å². The van der Waals surface area contributed by atoms with E-state index in [-0.39, 0.29) is 0 Å². The smallest absolute Gasteiger partial charge is 0.273 e. The van der Waals surface area contributed by atoms with Crippen LogP contribution in [0, 0.1) is 13.8 Å². The summed E-state index contributed by atoms with van der Waals surface area (Å²) in [6, 6.07) is 20.9. The minimum atomic E-state index is 0.563. The van der Waals surface area contributed by atoms with E-state index in [0.717, 1.165) is 30.0 Å². The average Bonchev–Trinajstić information content (AvgIpc) is 3.36. The third kappa shape index (κ3) is 4.30. The van der Waals surface area contributed by atoms with Gasteiger partial charge < -0.3 is 4.90 Å². The van der Waals surface area contributed by atoms with Gasteiger partial charge in [0.15, 0.2) is 0 Å². The van der Waals surface area contributed by atoms with E-state index in [2.05, 4.69) is 80.8 Å². The summed E-state index contributed by atoms with van der Waals surface area (Å²) in [5.74, 6) is 0.563. The molecule has 0 radical (unpaired) electrons. The summed E-state index contributed by atoms with van der Waals surface area (Å²) < 4.78 is 3.37. The molecule has 0 saturated carbocycles. The maximum Gasteiger partial charge on any atom is 0.273 e. The van der Waals surface area contributed by atoms with E-state index in [1.54, 1.807) is 21.9 Å². The number of nitrogens with zero attached hydrogens (tertiary/aromatic N) is 7. The summed E-state index contributed by atoms with van der Waals surface area (Å²) in [4.78, 5) is 2.34. The van der Waals surface area contributed by atoms with E-state index >= 15 is 0 Å². The summed E-state index contributed by atoms with van der Waals surface area (Å²) >= 11 is 0. The third-order valence-corrected chi connectivity index (χ3v) is 4.90. The number of anilines is 1. The predicted octanol–water partition coefficient (Wildman–Crippen LogP) is 3.99. The van der Waals surface area contributed by atoms with Crippen molar-refractivity contribution in [1.82, 2.24) is 24.7 Å². The summed E-state index contributed by atoms with van der Waals surface area (Å²) in [7, 11) is 0. The number of aromatic nitrogens is 5. The van der Waals surface area contributed by atoms with Gasteiger partial charge in [-0.2, -0.15) is 14.9 Å². The maximum atomic E-state index is 4.52. The van der Waals surface area contributed by atoms with E-state index in [4.69, 9.17) is 0 Å². The van der Waals surface area contributed by atoms with Crippen LogP contribution in [0.3, 0.4) is 0 Å². The van der Waals surface area contributed by atoms with E-state index in [1.165, 1.54) is 11.3 Å². The summed E-state index contributed by atoms with van der Waals surface area (Å²) in [5, 5.41) is 17.1. The number of hydrogen-bond acceptors (Lipinski definition) is 5. The van der Waals surface area contributed by atoms with Gasteiger partial charge in [-0.15, -0.1) is 10.2 Å². The van der Waals surface area contributed by atoms with Crippen LogP contribution in [0.1, 0.15) is 29.4 Å². The van der Waals surface area contributed by atoms with Crippen LogP contribution in [-0.2, 0) is 6.54 Å². The summed E-state index contributed by atoms with van der Waals surface area (Å²) in [6.07, 6.45) is 3.38. The Hall–Kier alpha value is -3.74. The topological polar surface area (TPSA) is 64.1 Å². The molecular formula is C23H25N7. The molecule has 0 N–H and O–H groups in total. The lowest BCUT2D eigenvalue weighted by molar-refractivity contribution is 0.717. The van der Waals surface area contributed by atoms with E-state index < -0.39 is 0 Å². The first-order valence-electron chi connectivity index (χ1n) is 10.0. The van der Waals surface area contributed by atoms with Crippen LogP contribution in [0.15, 0.2) is 72.1 Å². The standard InChI is InChI=1S/C23H25N7/c1-4-28(16-21-8-6-5-7-9-21)22-12-10-20(11-13-22)15-25-29-17-24-26-23(29)30-19(3)14-18(2)27-30/h5-15,17H,4,16H2,1-3H3/b25-15-. The fourth-order valence-corrected chi connectivity index (χ4v) is 3.37. The van der Waals surface area contributed by atoms with E-state index in [0.29, 0.717) is 5.95 Å². The highest BCUT2D eigenvalue weighted by molar-refractivity contribution is 5.80. The molecule has 2 aromatic heterocycles. The highest BCUT2D eigenvalue weighted by Crippen LogP contribution is 2.18. The molecule has 4 aromatic rings. The van der Waals surface area contributed by atoms with Gasteiger partial charge in [0.25, 0.3) is 5.95 Å². The Morgan fingerprint density at radius 3 is 2.47 bits per heavy atom. The Balaban J connectivity index is 1.50. The minimum absolute atomic E-state index is 0.563. The zero-order valence-electron chi connectivity index (χ0n) is 17.5. The molecule has 30 heavy (non-hydrogen) atoms. The highest BCUT2D eigenvalue weighted by Gasteiger charge is 2.10. The van der Waals surface area contributed by atoms with Gasteiger partial charge in [0.05, 0.1) is 11.9 Å². The number of benzene rings is 2. The first-order valence-corrected chi connectivity index (χ1v) is 10.0. The predicted molar refractivity (Wildman–Crippen MR) is 119 cm³/mol. The molecule has 7 nitrogen and oxygen atoms in total. The van der Waals surface area contributed by atoms with Gasteiger partial charge in [-0.25, -0.2) is 4.68 Å². The van der Waals surface area contributed by atoms with Crippen LogP contribution in [0.2, 0.25) is 0 Å². The monoisotopic (exact) mass is 399 g/mol. The molecule has 4 rings (SSSR count). The fourth-order valence-electron chi connectivity index (χ4n) is 3.37. The molecule has 0 aliphatic heterocycles. The Morgan fingerprint density at radius 2 is 1.80 bits per heavy atom. The van der Waals surface area contributed by atoms with Gasteiger partial charge in [0, 0.05) is 24.5 Å². The van der Waals surface area contributed by atoms with Gasteiger partial charge in [-0.1, -0.05) is 42.5 Å².